The van der Waals surface area contributed by atoms with Crippen molar-refractivity contribution in [3.63, 3.8) is 0 Å². The van der Waals surface area contributed by atoms with Crippen LogP contribution in [-0.4, -0.2) is 42.2 Å². The maximum atomic E-state index is 11.4. The number of rotatable bonds is 5. The van der Waals surface area contributed by atoms with Crippen molar-refractivity contribution in [2.45, 2.75) is 27.7 Å². The number of hydrogen-bond acceptors (Lipinski definition) is 3. The lowest BCUT2D eigenvalue weighted by Gasteiger charge is -2.13. The molecule has 0 fully saturated rings. The molecule has 0 aromatic rings. The Bertz CT molecular complexity index is 143. The van der Waals surface area contributed by atoms with Gasteiger partial charge in [-0.2, -0.15) is 4.84 Å². The number of nitrogens with zero attached hydrogens (tertiary/aromatic N) is 2. The molecule has 0 saturated heterocycles. The van der Waals surface area contributed by atoms with Crippen LogP contribution in [0.3, 0.4) is 0 Å². The highest BCUT2D eigenvalue weighted by atomic mass is 16.7. The van der Waals surface area contributed by atoms with Crippen LogP contribution in [0.4, 0.5) is 4.79 Å². The second-order valence-electron chi connectivity index (χ2n) is 2.64. The minimum Gasteiger partial charge on any atom is -0.251 e. The van der Waals surface area contributed by atoms with Crippen molar-refractivity contribution in [1.29, 1.82) is 0 Å². The van der Waals surface area contributed by atoms with Crippen LogP contribution in [0.5, 0.6) is 0 Å². The Kier molecular flexibility index (Phi) is 6.32. The van der Waals surface area contributed by atoms with Crippen molar-refractivity contribution in [1.82, 2.24) is 9.96 Å². The molecular formula is C9H20N2O2+. The first kappa shape index (κ1) is 12.2. The average Bonchev–Trinajstić information content (AvgIpc) is 2.16. The van der Waals surface area contributed by atoms with Crippen LogP contribution in [0, 0.1) is 0 Å². The van der Waals surface area contributed by atoms with E-state index >= 15 is 0 Å². The monoisotopic (exact) mass is 188 g/mol. The van der Waals surface area contributed by atoms with Gasteiger partial charge in [-0.05, 0) is 32.8 Å². The molecule has 0 rings (SSSR count). The van der Waals surface area contributed by atoms with Gasteiger partial charge in [-0.15, -0.1) is 0 Å². The predicted molar refractivity (Wildman–Crippen MR) is 52.3 cm³/mol. The normalized spacial score (nSPS) is 10.2. The highest BCUT2D eigenvalue weighted by Gasteiger charge is 2.28. The fraction of sp³-hybridized carbons (Fsp3) is 0.889. The minimum atomic E-state index is -0.256. The SMILES string of the molecule is CCN(CC)OC(=[O+])N(CC)CC. The van der Waals surface area contributed by atoms with Crippen LogP contribution < -0.4 is 0 Å². The minimum absolute atomic E-state index is 0.256. The lowest BCUT2D eigenvalue weighted by Crippen LogP contribution is -2.37. The van der Waals surface area contributed by atoms with E-state index in [1.807, 2.05) is 27.7 Å². The summed E-state index contributed by atoms with van der Waals surface area (Å²) < 4.78 is 0. The highest BCUT2D eigenvalue weighted by Crippen LogP contribution is 1.97. The summed E-state index contributed by atoms with van der Waals surface area (Å²) in [7, 11) is 0. The van der Waals surface area contributed by atoms with Gasteiger partial charge >= 0.3 is 6.09 Å². The first-order chi connectivity index (χ1) is 6.19. The van der Waals surface area contributed by atoms with Crippen molar-refractivity contribution in [2.24, 2.45) is 0 Å². The molecule has 4 heteroatoms. The fourth-order valence-electron chi connectivity index (χ4n) is 1.00. The molecule has 0 aliphatic rings. The Hall–Kier alpha value is -0.770. The molecule has 4 nitrogen and oxygen atoms in total. The second kappa shape index (κ2) is 6.71. The topological polar surface area (TPSA) is 35.6 Å². The molecule has 0 aromatic heterocycles. The average molecular weight is 188 g/mol. The molecule has 0 aromatic carbocycles. The van der Waals surface area contributed by atoms with Crippen molar-refractivity contribution >= 4 is 6.09 Å². The molecule has 0 heterocycles. The third-order valence-corrected chi connectivity index (χ3v) is 1.93. The van der Waals surface area contributed by atoms with Crippen LogP contribution in [0.2, 0.25) is 0 Å². The van der Waals surface area contributed by atoms with Gasteiger partial charge in [-0.25, -0.2) is 0 Å². The van der Waals surface area contributed by atoms with Gasteiger partial charge in [0.1, 0.15) is 0 Å². The maximum Gasteiger partial charge on any atom is 0.712 e. The molecule has 0 N–H and O–H groups in total. The Balaban J connectivity index is 3.95. The van der Waals surface area contributed by atoms with Crippen molar-refractivity contribution in [3.05, 3.63) is 0 Å². The van der Waals surface area contributed by atoms with Crippen LogP contribution in [0.25, 0.3) is 0 Å². The third kappa shape index (κ3) is 4.12. The summed E-state index contributed by atoms with van der Waals surface area (Å²) in [5.41, 5.74) is 0. The number of carbonyl (C=O) groups excluding carboxylic acids is 1. The second-order valence-corrected chi connectivity index (χ2v) is 2.64. The molecule has 1 amide bonds. The largest absolute Gasteiger partial charge is 0.712 e. The first-order valence-electron chi connectivity index (χ1n) is 4.91. The van der Waals surface area contributed by atoms with E-state index in [2.05, 4.69) is 0 Å². The third-order valence-electron chi connectivity index (χ3n) is 1.93. The van der Waals surface area contributed by atoms with Gasteiger partial charge in [0, 0.05) is 13.1 Å². The van der Waals surface area contributed by atoms with E-state index in [1.54, 1.807) is 9.96 Å². The fourth-order valence-corrected chi connectivity index (χ4v) is 1.00. The molecule has 1 radical (unpaired) electrons. The van der Waals surface area contributed by atoms with E-state index in [4.69, 9.17) is 4.84 Å². The molecule has 0 aliphatic heterocycles. The number of hydroxylamine groups is 2. The first-order valence-corrected chi connectivity index (χ1v) is 4.91. The molecule has 0 saturated carbocycles. The van der Waals surface area contributed by atoms with Crippen molar-refractivity contribution in [3.8, 4) is 0 Å². The Morgan fingerprint density at radius 1 is 1.00 bits per heavy atom. The molecule has 77 valence electrons. The standard InChI is InChI=1S/C9H20N2O2/c1-5-10(6-2)9(12)13-11(7-3)8-4/h5-8H2,1-4H3/q+1. The van der Waals surface area contributed by atoms with Gasteiger partial charge in [0.2, 0.25) is 0 Å². The van der Waals surface area contributed by atoms with E-state index in [0.717, 1.165) is 13.1 Å². The van der Waals surface area contributed by atoms with E-state index in [-0.39, 0.29) is 6.09 Å². The van der Waals surface area contributed by atoms with Crippen LogP contribution in [0.1, 0.15) is 27.7 Å². The smallest absolute Gasteiger partial charge is 0.251 e. The van der Waals surface area contributed by atoms with Gasteiger partial charge in [0.15, 0.2) is 0 Å². The maximum absolute atomic E-state index is 11.4. The Morgan fingerprint density at radius 3 is 1.77 bits per heavy atom. The van der Waals surface area contributed by atoms with E-state index in [1.165, 1.54) is 0 Å². The summed E-state index contributed by atoms with van der Waals surface area (Å²) >= 11 is 0. The number of amides is 1. The van der Waals surface area contributed by atoms with Crippen LogP contribution >= 0.6 is 0 Å². The van der Waals surface area contributed by atoms with Crippen molar-refractivity contribution in [2.75, 3.05) is 26.2 Å². The zero-order valence-electron chi connectivity index (χ0n) is 9.04. The van der Waals surface area contributed by atoms with E-state index in [9.17, 15) is 4.79 Å². The molecule has 0 aliphatic carbocycles. The lowest BCUT2D eigenvalue weighted by atomic mass is 10.6. The number of hydrogen-bond donors (Lipinski definition) is 0. The summed E-state index contributed by atoms with van der Waals surface area (Å²) in [6.07, 6.45) is -0.256. The molecular weight excluding hydrogens is 168 g/mol. The lowest BCUT2D eigenvalue weighted by molar-refractivity contribution is -0.104. The zero-order chi connectivity index (χ0) is 10.3. The Morgan fingerprint density at radius 2 is 1.46 bits per heavy atom. The summed E-state index contributed by atoms with van der Waals surface area (Å²) in [6.45, 7) is 10.6. The quantitative estimate of drug-likeness (QED) is 0.487. The van der Waals surface area contributed by atoms with Gasteiger partial charge in [-0.3, -0.25) is 4.90 Å². The van der Waals surface area contributed by atoms with Crippen LogP contribution in [-0.2, 0) is 4.84 Å². The van der Waals surface area contributed by atoms with Crippen molar-refractivity contribution < 1.29 is 9.63 Å². The van der Waals surface area contributed by atoms with Gasteiger partial charge in [0.05, 0.1) is 17.9 Å². The van der Waals surface area contributed by atoms with Gasteiger partial charge < -0.3 is 0 Å². The summed E-state index contributed by atoms with van der Waals surface area (Å²) in [6, 6.07) is 0. The summed E-state index contributed by atoms with van der Waals surface area (Å²) in [4.78, 5) is 18.2. The predicted octanol–water partition coefficient (Wildman–Crippen LogP) is 1.72. The van der Waals surface area contributed by atoms with Gasteiger partial charge in [-0.1, -0.05) is 0 Å². The molecule has 0 atom stereocenters. The zero-order valence-corrected chi connectivity index (χ0v) is 9.04. The number of carbonyl (C=O) groups is 1. The summed E-state index contributed by atoms with van der Waals surface area (Å²) in [5, 5.41) is 1.64. The summed E-state index contributed by atoms with van der Waals surface area (Å²) in [5.74, 6) is 0. The van der Waals surface area contributed by atoms with Gasteiger partial charge in [0.25, 0.3) is 0 Å². The molecule has 0 unspecified atom stereocenters. The Labute approximate surface area is 80.4 Å². The highest BCUT2D eigenvalue weighted by molar-refractivity contribution is 5.67. The molecule has 0 spiro atoms. The molecule has 13 heavy (non-hydrogen) atoms. The molecule has 0 bridgehead atoms. The van der Waals surface area contributed by atoms with E-state index < -0.39 is 0 Å². The van der Waals surface area contributed by atoms with E-state index in [0.29, 0.717) is 13.1 Å². The van der Waals surface area contributed by atoms with Crippen LogP contribution in [0.15, 0.2) is 0 Å².